The van der Waals surface area contributed by atoms with Crippen LogP contribution < -0.4 is 30.2 Å². The number of rotatable bonds is 7. The lowest BCUT2D eigenvalue weighted by molar-refractivity contribution is -0.134. The summed E-state index contributed by atoms with van der Waals surface area (Å²) < 4.78 is 22.3. The normalized spacial score (nSPS) is 18.1. The van der Waals surface area contributed by atoms with E-state index in [0.717, 1.165) is 0 Å². The van der Waals surface area contributed by atoms with Gasteiger partial charge in [0.05, 0.1) is 25.6 Å². The van der Waals surface area contributed by atoms with Gasteiger partial charge >= 0.3 is 12.1 Å². The number of carbonyl (C=O) groups is 3. The van der Waals surface area contributed by atoms with Crippen LogP contribution in [0.4, 0.5) is 26.7 Å². The summed E-state index contributed by atoms with van der Waals surface area (Å²) in [5.74, 6) is 1.69. The molecule has 3 heterocycles. The number of aryl methyl sites for hydroxylation is 2. The van der Waals surface area contributed by atoms with Crippen LogP contribution in [0.25, 0.3) is 0 Å². The van der Waals surface area contributed by atoms with Crippen molar-refractivity contribution in [2.24, 2.45) is 5.92 Å². The van der Waals surface area contributed by atoms with E-state index in [1.807, 2.05) is 6.92 Å². The van der Waals surface area contributed by atoms with Crippen LogP contribution in [-0.2, 0) is 11.2 Å². The standard InChI is InChI=1S/C31H38N6O8/c1-17-13-37(18(2)15-38)28(39)11-21-10-22(32-30(40)33-23-7-9-25-26(12-23)43-16-42-25)6-8-24(21)44-27(17)14-36(5)31(41)34-29-19(3)35-45-20(29)4/h6-10,12,17-18,27,38H,11,13-16H2,1-5H3,(H,34,41)(H2,32,33,40)/t17-,18+,27-/m1/s1. The topological polar surface area (TPSA) is 168 Å². The van der Waals surface area contributed by atoms with Crippen LogP contribution in [0.2, 0.25) is 0 Å². The maximum atomic E-state index is 13.5. The Hall–Kier alpha value is -4.98. The van der Waals surface area contributed by atoms with Crippen molar-refractivity contribution in [3.63, 3.8) is 0 Å². The highest BCUT2D eigenvalue weighted by molar-refractivity contribution is 6.00. The second kappa shape index (κ2) is 13.3. The molecule has 2 aromatic carbocycles. The predicted molar refractivity (Wildman–Crippen MR) is 165 cm³/mol. The average Bonchev–Trinajstić information content (AvgIpc) is 3.61. The molecule has 4 N–H and O–H groups in total. The summed E-state index contributed by atoms with van der Waals surface area (Å²) in [5.41, 5.74) is 2.60. The fraction of sp³-hybridized carbons (Fsp3) is 0.419. The van der Waals surface area contributed by atoms with Crippen LogP contribution >= 0.6 is 0 Å². The highest BCUT2D eigenvalue weighted by Crippen LogP contribution is 2.34. The number of amides is 5. The van der Waals surface area contributed by atoms with Gasteiger partial charge in [-0.2, -0.15) is 0 Å². The molecule has 240 valence electrons. The molecule has 1 aromatic heterocycles. The van der Waals surface area contributed by atoms with E-state index in [4.69, 9.17) is 18.7 Å². The lowest BCUT2D eigenvalue weighted by atomic mass is 10.0. The zero-order valence-corrected chi connectivity index (χ0v) is 25.9. The Morgan fingerprint density at radius 2 is 1.76 bits per heavy atom. The molecular formula is C31H38N6O8. The number of hydrogen-bond donors (Lipinski definition) is 4. The third-order valence-electron chi connectivity index (χ3n) is 7.87. The summed E-state index contributed by atoms with van der Waals surface area (Å²) in [7, 11) is 1.65. The van der Waals surface area contributed by atoms with E-state index >= 15 is 0 Å². The van der Waals surface area contributed by atoms with Crippen molar-refractivity contribution in [2.45, 2.75) is 46.3 Å². The second-order valence-corrected chi connectivity index (χ2v) is 11.4. The zero-order valence-electron chi connectivity index (χ0n) is 25.9. The Bertz CT molecular complexity index is 1560. The largest absolute Gasteiger partial charge is 0.488 e. The van der Waals surface area contributed by atoms with Gasteiger partial charge in [0.1, 0.15) is 23.2 Å². The summed E-state index contributed by atoms with van der Waals surface area (Å²) in [6.45, 7) is 7.60. The molecule has 0 saturated heterocycles. The van der Waals surface area contributed by atoms with Gasteiger partial charge < -0.3 is 49.6 Å². The first-order valence-electron chi connectivity index (χ1n) is 14.6. The molecule has 0 unspecified atom stereocenters. The van der Waals surface area contributed by atoms with Crippen molar-refractivity contribution in [3.8, 4) is 17.2 Å². The summed E-state index contributed by atoms with van der Waals surface area (Å²) in [6, 6.07) is 8.87. The van der Waals surface area contributed by atoms with Crippen molar-refractivity contribution >= 4 is 35.0 Å². The molecule has 0 spiro atoms. The molecule has 5 rings (SSSR count). The van der Waals surface area contributed by atoms with Crippen LogP contribution in [0, 0.1) is 19.8 Å². The van der Waals surface area contributed by atoms with E-state index in [1.165, 1.54) is 4.90 Å². The van der Waals surface area contributed by atoms with E-state index in [2.05, 4.69) is 21.1 Å². The molecule has 0 aliphatic carbocycles. The molecule has 3 atom stereocenters. The Kier molecular flexibility index (Phi) is 9.32. The number of carbonyl (C=O) groups excluding carboxylic acids is 3. The van der Waals surface area contributed by atoms with Gasteiger partial charge in [0, 0.05) is 42.5 Å². The molecule has 0 radical (unpaired) electrons. The number of likely N-dealkylation sites (N-methyl/N-ethyl adjacent to an activating group) is 1. The SMILES string of the molecule is Cc1noc(C)c1NC(=O)N(C)C[C@H]1Oc2ccc(NC(=O)Nc3ccc4c(c3)OCO4)cc2CC(=O)N([C@@H](C)CO)C[C@H]1C. The van der Waals surface area contributed by atoms with Crippen molar-refractivity contribution < 1.29 is 38.2 Å². The van der Waals surface area contributed by atoms with Gasteiger partial charge in [-0.3, -0.25) is 4.79 Å². The molecule has 14 nitrogen and oxygen atoms in total. The molecule has 0 saturated carbocycles. The Morgan fingerprint density at radius 1 is 1.07 bits per heavy atom. The fourth-order valence-electron chi connectivity index (χ4n) is 5.21. The number of nitrogens with one attached hydrogen (secondary N) is 3. The summed E-state index contributed by atoms with van der Waals surface area (Å²) in [6.07, 6.45) is -0.530. The molecular weight excluding hydrogens is 584 g/mol. The number of anilines is 3. The lowest BCUT2D eigenvalue weighted by Gasteiger charge is -2.34. The molecule has 5 amide bonds. The minimum absolute atomic E-state index is 0.0131. The van der Waals surface area contributed by atoms with E-state index in [1.54, 1.807) is 69.1 Å². The number of aliphatic hydroxyl groups is 1. The van der Waals surface area contributed by atoms with Crippen molar-refractivity contribution in [1.29, 1.82) is 0 Å². The van der Waals surface area contributed by atoms with Crippen LogP contribution in [-0.4, -0.2) is 83.7 Å². The van der Waals surface area contributed by atoms with Crippen molar-refractivity contribution in [1.82, 2.24) is 15.0 Å². The first-order valence-corrected chi connectivity index (χ1v) is 14.6. The van der Waals surface area contributed by atoms with Gasteiger partial charge in [0.25, 0.3) is 0 Å². The lowest BCUT2D eigenvalue weighted by Crippen LogP contribution is -2.48. The Morgan fingerprint density at radius 3 is 2.44 bits per heavy atom. The highest BCUT2D eigenvalue weighted by Gasteiger charge is 2.32. The first kappa shape index (κ1) is 31.4. The van der Waals surface area contributed by atoms with Gasteiger partial charge in [-0.15, -0.1) is 0 Å². The third-order valence-corrected chi connectivity index (χ3v) is 7.87. The highest BCUT2D eigenvalue weighted by atomic mass is 16.7. The summed E-state index contributed by atoms with van der Waals surface area (Å²) >= 11 is 0. The minimum Gasteiger partial charge on any atom is -0.488 e. The maximum absolute atomic E-state index is 13.5. The molecule has 2 aliphatic rings. The van der Waals surface area contributed by atoms with Gasteiger partial charge in [0.2, 0.25) is 12.7 Å². The fourth-order valence-corrected chi connectivity index (χ4v) is 5.21. The summed E-state index contributed by atoms with van der Waals surface area (Å²) in [5, 5.41) is 22.2. The van der Waals surface area contributed by atoms with Crippen LogP contribution in [0.1, 0.15) is 30.9 Å². The van der Waals surface area contributed by atoms with Crippen LogP contribution in [0.3, 0.4) is 0 Å². The van der Waals surface area contributed by atoms with Crippen molar-refractivity contribution in [2.75, 3.05) is 49.5 Å². The predicted octanol–water partition coefficient (Wildman–Crippen LogP) is 3.98. The van der Waals surface area contributed by atoms with E-state index in [-0.39, 0.29) is 44.2 Å². The number of nitrogens with zero attached hydrogens (tertiary/aromatic N) is 3. The van der Waals surface area contributed by atoms with E-state index < -0.39 is 18.2 Å². The number of benzene rings is 2. The molecule has 2 aliphatic heterocycles. The van der Waals surface area contributed by atoms with E-state index in [0.29, 0.717) is 57.9 Å². The van der Waals surface area contributed by atoms with Gasteiger partial charge in [-0.25, -0.2) is 9.59 Å². The Balaban J connectivity index is 1.35. The average molecular weight is 623 g/mol. The van der Waals surface area contributed by atoms with Crippen molar-refractivity contribution in [3.05, 3.63) is 53.4 Å². The number of aromatic nitrogens is 1. The number of hydrogen-bond acceptors (Lipinski definition) is 9. The molecule has 45 heavy (non-hydrogen) atoms. The van der Waals surface area contributed by atoms with Gasteiger partial charge in [-0.05, 0) is 51.1 Å². The zero-order chi connectivity index (χ0) is 32.2. The number of fused-ring (bicyclic) bond motifs is 2. The molecule has 0 fully saturated rings. The Labute approximate surface area is 260 Å². The maximum Gasteiger partial charge on any atom is 0.323 e. The summed E-state index contributed by atoms with van der Waals surface area (Å²) in [4.78, 5) is 42.6. The molecule has 0 bridgehead atoms. The quantitative estimate of drug-likeness (QED) is 0.305. The van der Waals surface area contributed by atoms with Crippen LogP contribution in [0.15, 0.2) is 40.9 Å². The molecule has 3 aromatic rings. The number of ether oxygens (including phenoxy) is 3. The van der Waals surface area contributed by atoms with Crippen LogP contribution in [0.5, 0.6) is 17.2 Å². The minimum atomic E-state index is -0.517. The second-order valence-electron chi connectivity index (χ2n) is 11.4. The van der Waals surface area contributed by atoms with Gasteiger partial charge in [0.15, 0.2) is 17.3 Å². The third kappa shape index (κ3) is 7.23. The molecule has 14 heteroatoms. The van der Waals surface area contributed by atoms with Gasteiger partial charge in [-0.1, -0.05) is 12.1 Å². The van der Waals surface area contributed by atoms with E-state index in [9.17, 15) is 19.5 Å². The monoisotopic (exact) mass is 622 g/mol. The number of aliphatic hydroxyl groups excluding tert-OH is 1. The number of urea groups is 2. The smallest absolute Gasteiger partial charge is 0.323 e. The first-order chi connectivity index (χ1) is 21.5.